The Morgan fingerprint density at radius 2 is 2.06 bits per heavy atom. The summed E-state index contributed by atoms with van der Waals surface area (Å²) < 4.78 is 22.8. The van der Waals surface area contributed by atoms with Crippen LogP contribution in [0.25, 0.3) is 0 Å². The van der Waals surface area contributed by atoms with Crippen molar-refractivity contribution < 1.29 is 8.42 Å². The molecule has 0 amide bonds. The number of hydrogen-bond donors (Lipinski definition) is 1. The van der Waals surface area contributed by atoms with Crippen LogP contribution in [-0.2, 0) is 9.84 Å². The third kappa shape index (κ3) is 3.07. The largest absolute Gasteiger partial charge is 0.329 e. The Labute approximate surface area is 106 Å². The number of nitrogens with zero attached hydrogens (tertiary/aromatic N) is 1. The van der Waals surface area contributed by atoms with Gasteiger partial charge < -0.3 is 5.73 Å². The number of rotatable bonds is 3. The molecule has 1 atom stereocenters. The van der Waals surface area contributed by atoms with Gasteiger partial charge in [-0.25, -0.2) is 8.42 Å². The number of thiophene rings is 1. The maximum Gasteiger partial charge on any atom is 0.152 e. The van der Waals surface area contributed by atoms with Crippen LogP contribution in [0.4, 0.5) is 0 Å². The molecule has 2 heterocycles. The molecule has 2 rings (SSSR count). The second-order valence-electron chi connectivity index (χ2n) is 4.39. The van der Waals surface area contributed by atoms with Gasteiger partial charge in [-0.15, -0.1) is 11.3 Å². The third-order valence-electron chi connectivity index (χ3n) is 3.13. The Bertz CT molecular complexity index is 467. The van der Waals surface area contributed by atoms with Crippen molar-refractivity contribution in [2.75, 3.05) is 31.1 Å². The first-order valence-electron chi connectivity index (χ1n) is 5.73. The second-order valence-corrected chi connectivity index (χ2v) is 8.01. The van der Waals surface area contributed by atoms with Gasteiger partial charge >= 0.3 is 0 Å². The molecule has 1 fully saturated rings. The van der Waals surface area contributed by atoms with Crippen LogP contribution >= 0.6 is 11.3 Å². The lowest BCUT2D eigenvalue weighted by Gasteiger charge is -2.33. The van der Waals surface area contributed by atoms with E-state index in [-0.39, 0.29) is 17.5 Å². The number of sulfone groups is 1. The minimum atomic E-state index is -2.81. The fraction of sp³-hybridized carbons (Fsp3) is 0.636. The smallest absolute Gasteiger partial charge is 0.152 e. The van der Waals surface area contributed by atoms with E-state index in [1.807, 2.05) is 0 Å². The summed E-state index contributed by atoms with van der Waals surface area (Å²) in [5.41, 5.74) is 5.83. The maximum atomic E-state index is 11.4. The summed E-state index contributed by atoms with van der Waals surface area (Å²) in [5, 5.41) is 0. The van der Waals surface area contributed by atoms with Gasteiger partial charge in [0.2, 0.25) is 0 Å². The fourth-order valence-electron chi connectivity index (χ4n) is 2.12. The van der Waals surface area contributed by atoms with E-state index < -0.39 is 9.84 Å². The van der Waals surface area contributed by atoms with Crippen LogP contribution < -0.4 is 5.73 Å². The summed E-state index contributed by atoms with van der Waals surface area (Å²) in [6.45, 7) is 3.81. The van der Waals surface area contributed by atoms with Crippen LogP contribution in [0.3, 0.4) is 0 Å². The van der Waals surface area contributed by atoms with Crippen molar-refractivity contribution in [2.24, 2.45) is 5.73 Å². The summed E-state index contributed by atoms with van der Waals surface area (Å²) in [7, 11) is -2.81. The van der Waals surface area contributed by atoms with Gasteiger partial charge in [-0.1, -0.05) is 0 Å². The molecule has 2 N–H and O–H groups in total. The molecule has 0 spiro atoms. The van der Waals surface area contributed by atoms with Crippen molar-refractivity contribution >= 4 is 21.2 Å². The second kappa shape index (κ2) is 5.06. The zero-order valence-corrected chi connectivity index (χ0v) is 11.6. The molecule has 1 aromatic rings. The highest BCUT2D eigenvalue weighted by Crippen LogP contribution is 2.27. The Kier molecular flexibility index (Phi) is 3.87. The van der Waals surface area contributed by atoms with Crippen molar-refractivity contribution in [3.8, 4) is 0 Å². The number of nitrogens with two attached hydrogens (primary N) is 1. The zero-order valence-electron chi connectivity index (χ0n) is 9.93. The van der Waals surface area contributed by atoms with E-state index in [4.69, 9.17) is 5.73 Å². The monoisotopic (exact) mass is 274 g/mol. The molecule has 1 saturated heterocycles. The molecule has 0 aromatic carbocycles. The van der Waals surface area contributed by atoms with Gasteiger partial charge in [0.15, 0.2) is 9.84 Å². The molecule has 1 aliphatic heterocycles. The highest BCUT2D eigenvalue weighted by molar-refractivity contribution is 7.91. The summed E-state index contributed by atoms with van der Waals surface area (Å²) in [5.74, 6) is 0.516. The molecule has 0 saturated carbocycles. The maximum absolute atomic E-state index is 11.4. The fourth-order valence-corrected chi connectivity index (χ4v) is 4.37. The summed E-state index contributed by atoms with van der Waals surface area (Å²) in [4.78, 5) is 4.69. The van der Waals surface area contributed by atoms with Crippen molar-refractivity contribution in [1.29, 1.82) is 0 Å². The minimum absolute atomic E-state index is 0.171. The lowest BCUT2D eigenvalue weighted by atomic mass is 10.2. The van der Waals surface area contributed by atoms with Crippen LogP contribution in [-0.4, -0.2) is 44.5 Å². The van der Waals surface area contributed by atoms with Crippen molar-refractivity contribution in [3.63, 3.8) is 0 Å². The Balaban J connectivity index is 2.10. The summed E-state index contributed by atoms with van der Waals surface area (Å²) in [6.07, 6.45) is 0. The molecule has 0 aliphatic carbocycles. The first kappa shape index (κ1) is 13.0. The molecular weight excluding hydrogens is 256 g/mol. The van der Waals surface area contributed by atoms with Crippen molar-refractivity contribution in [2.45, 2.75) is 13.0 Å². The molecule has 1 unspecified atom stereocenters. The van der Waals surface area contributed by atoms with Crippen LogP contribution in [0.2, 0.25) is 0 Å². The highest BCUT2D eigenvalue weighted by atomic mass is 32.2. The molecule has 0 bridgehead atoms. The van der Waals surface area contributed by atoms with Crippen LogP contribution in [0.1, 0.15) is 15.8 Å². The van der Waals surface area contributed by atoms with E-state index in [1.165, 1.54) is 9.75 Å². The number of aryl methyl sites for hydroxylation is 1. The van der Waals surface area contributed by atoms with Gasteiger partial charge in [0.25, 0.3) is 0 Å². The lowest BCUT2D eigenvalue weighted by Crippen LogP contribution is -2.44. The molecule has 1 aliphatic rings. The van der Waals surface area contributed by atoms with E-state index in [1.54, 1.807) is 11.3 Å². The summed E-state index contributed by atoms with van der Waals surface area (Å²) >= 11 is 1.74. The van der Waals surface area contributed by atoms with Gasteiger partial charge in [0.05, 0.1) is 17.5 Å². The predicted octanol–water partition coefficient (Wildman–Crippen LogP) is 0.787. The van der Waals surface area contributed by atoms with Crippen molar-refractivity contribution in [3.05, 3.63) is 21.9 Å². The average molecular weight is 274 g/mol. The molecule has 17 heavy (non-hydrogen) atoms. The van der Waals surface area contributed by atoms with Crippen LogP contribution in [0, 0.1) is 6.92 Å². The first-order chi connectivity index (χ1) is 8.02. The Hall–Kier alpha value is -0.430. The highest BCUT2D eigenvalue weighted by Gasteiger charge is 2.27. The third-order valence-corrected chi connectivity index (χ3v) is 5.84. The minimum Gasteiger partial charge on any atom is -0.329 e. The molecule has 96 valence electrons. The van der Waals surface area contributed by atoms with E-state index in [2.05, 4.69) is 24.0 Å². The lowest BCUT2D eigenvalue weighted by molar-refractivity contribution is 0.222. The van der Waals surface area contributed by atoms with Crippen LogP contribution in [0.15, 0.2) is 12.1 Å². The SMILES string of the molecule is Cc1ccc(C(CN)N2CCS(=O)(=O)CC2)s1. The quantitative estimate of drug-likeness (QED) is 0.885. The first-order valence-corrected chi connectivity index (χ1v) is 8.36. The molecule has 4 nitrogen and oxygen atoms in total. The Morgan fingerprint density at radius 1 is 1.41 bits per heavy atom. The molecule has 0 radical (unpaired) electrons. The Morgan fingerprint density at radius 3 is 2.53 bits per heavy atom. The van der Waals surface area contributed by atoms with E-state index in [0.717, 1.165) is 0 Å². The van der Waals surface area contributed by atoms with Gasteiger partial charge in [-0.05, 0) is 19.1 Å². The number of hydrogen-bond acceptors (Lipinski definition) is 5. The molecule has 6 heteroatoms. The van der Waals surface area contributed by atoms with E-state index in [9.17, 15) is 8.42 Å². The predicted molar refractivity (Wildman–Crippen MR) is 71.1 cm³/mol. The zero-order chi connectivity index (χ0) is 12.5. The van der Waals surface area contributed by atoms with Gasteiger partial charge in [-0.3, -0.25) is 4.90 Å². The van der Waals surface area contributed by atoms with Crippen molar-refractivity contribution in [1.82, 2.24) is 4.90 Å². The average Bonchev–Trinajstić information content (AvgIpc) is 2.68. The standard InChI is InChI=1S/C11H18N2O2S2/c1-9-2-3-11(16-9)10(8-12)13-4-6-17(14,15)7-5-13/h2-3,10H,4-8,12H2,1H3. The van der Waals surface area contributed by atoms with E-state index in [0.29, 0.717) is 19.6 Å². The van der Waals surface area contributed by atoms with Gasteiger partial charge in [0, 0.05) is 29.4 Å². The van der Waals surface area contributed by atoms with Gasteiger partial charge in [0.1, 0.15) is 0 Å². The normalized spacial score (nSPS) is 22.5. The molecular formula is C11H18N2O2S2. The van der Waals surface area contributed by atoms with Gasteiger partial charge in [-0.2, -0.15) is 0 Å². The molecule has 1 aromatic heterocycles. The summed E-state index contributed by atoms with van der Waals surface area (Å²) in [6, 6.07) is 4.36. The van der Waals surface area contributed by atoms with E-state index >= 15 is 0 Å². The van der Waals surface area contributed by atoms with Crippen LogP contribution in [0.5, 0.6) is 0 Å². The topological polar surface area (TPSA) is 63.4 Å².